The highest BCUT2D eigenvalue weighted by molar-refractivity contribution is 7.88. The highest BCUT2D eigenvalue weighted by Gasteiger charge is 2.34. The summed E-state index contributed by atoms with van der Waals surface area (Å²) >= 11 is 0. The molecule has 2 aromatic carbocycles. The Balaban J connectivity index is 0.00000533. The van der Waals surface area contributed by atoms with E-state index in [4.69, 9.17) is 10.5 Å². The van der Waals surface area contributed by atoms with Crippen LogP contribution in [0.15, 0.2) is 54.6 Å². The molecule has 5 N–H and O–H groups in total. The Morgan fingerprint density at radius 2 is 1.79 bits per heavy atom. The molecule has 3 atom stereocenters. The van der Waals surface area contributed by atoms with Crippen LogP contribution in [-0.4, -0.2) is 63.9 Å². The van der Waals surface area contributed by atoms with Gasteiger partial charge in [-0.15, -0.1) is 12.4 Å². The molecule has 1 heterocycles. The minimum atomic E-state index is -3.65. The summed E-state index contributed by atoms with van der Waals surface area (Å²) < 4.78 is 31.9. The summed E-state index contributed by atoms with van der Waals surface area (Å²) in [6.07, 6.45) is -0.664. The van der Waals surface area contributed by atoms with Gasteiger partial charge < -0.3 is 25.8 Å². The van der Waals surface area contributed by atoms with Gasteiger partial charge in [0.05, 0.1) is 25.0 Å². The van der Waals surface area contributed by atoms with E-state index in [-0.39, 0.29) is 43.1 Å². The summed E-state index contributed by atoms with van der Waals surface area (Å²) in [4.78, 5) is 26.9. The van der Waals surface area contributed by atoms with Gasteiger partial charge in [-0.3, -0.25) is 4.79 Å². The Morgan fingerprint density at radius 3 is 2.46 bits per heavy atom. The molecule has 39 heavy (non-hydrogen) atoms. The van der Waals surface area contributed by atoms with Crippen LogP contribution < -0.4 is 20.7 Å². The molecule has 0 aliphatic carbocycles. The van der Waals surface area contributed by atoms with E-state index in [1.54, 1.807) is 35.2 Å². The van der Waals surface area contributed by atoms with Gasteiger partial charge in [0.1, 0.15) is 0 Å². The second-order valence-electron chi connectivity index (χ2n) is 10.5. The van der Waals surface area contributed by atoms with E-state index in [9.17, 15) is 23.1 Å². The summed E-state index contributed by atoms with van der Waals surface area (Å²) in [7, 11) is -2.35. The molecule has 0 aromatic heterocycles. The normalized spacial score (nSPS) is 16.8. The maximum atomic E-state index is 13.4. The number of nitrogens with two attached hydrogens (primary N) is 1. The minimum absolute atomic E-state index is 0. The number of ether oxygens (including phenoxy) is 1. The molecule has 1 aliphatic heterocycles. The maximum absolute atomic E-state index is 13.4. The van der Waals surface area contributed by atoms with E-state index in [0.717, 1.165) is 11.3 Å². The maximum Gasteiger partial charge on any atom is 0.407 e. The second kappa shape index (κ2) is 14.1. The number of amides is 2. The number of methoxy groups -OCH3 is 1. The molecule has 0 saturated heterocycles. The first-order valence-electron chi connectivity index (χ1n) is 12.6. The van der Waals surface area contributed by atoms with Crippen molar-refractivity contribution in [2.75, 3.05) is 25.1 Å². The highest BCUT2D eigenvalue weighted by Crippen LogP contribution is 2.32. The van der Waals surface area contributed by atoms with Crippen molar-refractivity contribution in [2.45, 2.75) is 57.1 Å². The fourth-order valence-electron chi connectivity index (χ4n) is 4.71. The summed E-state index contributed by atoms with van der Waals surface area (Å²) in [5, 5.41) is 13.3. The van der Waals surface area contributed by atoms with Crippen LogP contribution in [-0.2, 0) is 31.7 Å². The van der Waals surface area contributed by atoms with Gasteiger partial charge in [-0.05, 0) is 35.4 Å². The predicted molar refractivity (Wildman–Crippen MR) is 153 cm³/mol. The summed E-state index contributed by atoms with van der Waals surface area (Å²) in [6.45, 7) is 3.85. The zero-order valence-electron chi connectivity index (χ0n) is 22.5. The number of carbonyl (C=O) groups is 2. The molecule has 0 spiro atoms. The number of anilines is 1. The monoisotopic (exact) mass is 582 g/mol. The Kier molecular flexibility index (Phi) is 11.7. The van der Waals surface area contributed by atoms with Crippen LogP contribution >= 0.6 is 12.4 Å². The largest absolute Gasteiger partial charge is 0.453 e. The summed E-state index contributed by atoms with van der Waals surface area (Å²) in [6, 6.07) is 15.3. The van der Waals surface area contributed by atoms with E-state index in [1.165, 1.54) is 7.11 Å². The van der Waals surface area contributed by atoms with Crippen LogP contribution in [0.4, 0.5) is 10.5 Å². The first kappa shape index (κ1) is 32.5. The smallest absolute Gasteiger partial charge is 0.407 e. The van der Waals surface area contributed by atoms with Crippen molar-refractivity contribution in [3.8, 4) is 0 Å². The van der Waals surface area contributed by atoms with Crippen LogP contribution in [0.3, 0.4) is 0 Å². The average Bonchev–Trinajstić information content (AvgIpc) is 2.86. The van der Waals surface area contributed by atoms with E-state index in [0.29, 0.717) is 24.9 Å². The quantitative estimate of drug-likeness (QED) is 0.317. The number of aliphatic hydroxyl groups excluding tert-OH is 1. The van der Waals surface area contributed by atoms with Crippen LogP contribution in [0.25, 0.3) is 0 Å². The number of fused-ring (bicyclic) bond motifs is 1. The molecule has 3 rings (SSSR count). The number of aliphatic hydroxyl groups is 1. The first-order chi connectivity index (χ1) is 17.9. The minimum Gasteiger partial charge on any atom is -0.453 e. The predicted octanol–water partition coefficient (Wildman–Crippen LogP) is 2.34. The lowest BCUT2D eigenvalue weighted by Crippen LogP contribution is -2.51. The number of carbonyl (C=O) groups excluding carboxylic acids is 2. The molecular formula is C27H39ClN4O6S. The number of alkyl carbamates (subject to hydrolysis) is 1. The van der Waals surface area contributed by atoms with Crippen molar-refractivity contribution in [2.24, 2.45) is 11.1 Å². The zero-order valence-corrected chi connectivity index (χ0v) is 24.1. The number of rotatable bonds is 11. The van der Waals surface area contributed by atoms with Crippen LogP contribution in [0, 0.1) is 5.41 Å². The van der Waals surface area contributed by atoms with Gasteiger partial charge in [-0.25, -0.2) is 17.9 Å². The average molecular weight is 583 g/mol. The third-order valence-electron chi connectivity index (χ3n) is 6.58. The Bertz CT molecular complexity index is 1210. The number of hydrogen-bond donors (Lipinski definition) is 4. The molecule has 0 radical (unpaired) electrons. The molecule has 1 unspecified atom stereocenters. The van der Waals surface area contributed by atoms with Gasteiger partial charge in [0, 0.05) is 31.2 Å². The molecular weight excluding hydrogens is 544 g/mol. The number of benzene rings is 2. The van der Waals surface area contributed by atoms with Gasteiger partial charge in [0.2, 0.25) is 15.9 Å². The molecule has 0 bridgehead atoms. The second-order valence-corrected chi connectivity index (χ2v) is 12.3. The summed E-state index contributed by atoms with van der Waals surface area (Å²) in [5.41, 5.74) is 8.04. The van der Waals surface area contributed by atoms with Gasteiger partial charge in [-0.1, -0.05) is 62.4 Å². The Morgan fingerprint density at radius 1 is 1.15 bits per heavy atom. The van der Waals surface area contributed by atoms with Gasteiger partial charge >= 0.3 is 6.09 Å². The van der Waals surface area contributed by atoms with Crippen molar-refractivity contribution in [1.82, 2.24) is 10.0 Å². The standard InChI is InChI=1S/C27H38N4O6S.ClH/c1-27(2,14-22(28)24(32)16-29-38(35,36)18-19-9-5-4-6-10-19)15-25(33)31-17-21(30-26(34)37-3)13-20-11-7-8-12-23(20)31;/h4-12,21-22,24,29,32H,13-18,28H2,1-3H3,(H,30,34);1H/t21?,22-,24-;/m0./s1. The van der Waals surface area contributed by atoms with Crippen molar-refractivity contribution >= 4 is 40.1 Å². The van der Waals surface area contributed by atoms with Crippen molar-refractivity contribution in [3.63, 3.8) is 0 Å². The first-order valence-corrected chi connectivity index (χ1v) is 14.2. The lowest BCUT2D eigenvalue weighted by Gasteiger charge is -2.37. The van der Waals surface area contributed by atoms with Crippen molar-refractivity contribution in [1.29, 1.82) is 0 Å². The Hall–Kier alpha value is -2.70. The molecule has 0 fully saturated rings. The van der Waals surface area contributed by atoms with Gasteiger partial charge in [0.25, 0.3) is 0 Å². The number of nitrogens with zero attached hydrogens (tertiary/aromatic N) is 1. The number of nitrogens with one attached hydrogen (secondary N) is 2. The van der Waals surface area contributed by atoms with Gasteiger partial charge in [0.15, 0.2) is 0 Å². The van der Waals surface area contributed by atoms with E-state index < -0.39 is 33.7 Å². The van der Waals surface area contributed by atoms with E-state index in [1.807, 2.05) is 38.1 Å². The van der Waals surface area contributed by atoms with Crippen LogP contribution in [0.5, 0.6) is 0 Å². The highest BCUT2D eigenvalue weighted by atomic mass is 35.5. The van der Waals surface area contributed by atoms with Crippen LogP contribution in [0.1, 0.15) is 37.8 Å². The van der Waals surface area contributed by atoms with E-state index in [2.05, 4.69) is 10.0 Å². The Labute approximate surface area is 236 Å². The molecule has 10 nitrogen and oxygen atoms in total. The van der Waals surface area contributed by atoms with Gasteiger partial charge in [-0.2, -0.15) is 0 Å². The molecule has 1 aliphatic rings. The lowest BCUT2D eigenvalue weighted by molar-refractivity contribution is -0.120. The van der Waals surface area contributed by atoms with E-state index >= 15 is 0 Å². The lowest BCUT2D eigenvalue weighted by atomic mass is 9.80. The number of para-hydroxylation sites is 1. The summed E-state index contributed by atoms with van der Waals surface area (Å²) in [5.74, 6) is -0.331. The van der Waals surface area contributed by atoms with Crippen LogP contribution in [0.2, 0.25) is 0 Å². The third-order valence-corrected chi connectivity index (χ3v) is 7.90. The third kappa shape index (κ3) is 9.77. The number of halogens is 1. The number of sulfonamides is 1. The SMILES string of the molecule is COC(=O)NC1Cc2ccccc2N(C(=O)CC(C)(C)C[C@H](N)[C@@H](O)CNS(=O)(=O)Cc2ccccc2)C1.Cl. The van der Waals surface area contributed by atoms with Crippen molar-refractivity contribution < 1.29 is 27.9 Å². The number of hydrogen-bond acceptors (Lipinski definition) is 7. The molecule has 0 saturated carbocycles. The van der Waals surface area contributed by atoms with Crippen molar-refractivity contribution in [3.05, 3.63) is 65.7 Å². The fraction of sp³-hybridized carbons (Fsp3) is 0.481. The molecule has 216 valence electrons. The molecule has 2 amide bonds. The molecule has 2 aromatic rings. The molecule has 12 heteroatoms. The topological polar surface area (TPSA) is 151 Å². The zero-order chi connectivity index (χ0) is 27.9. The fourth-order valence-corrected chi connectivity index (χ4v) is 5.87.